The summed E-state index contributed by atoms with van der Waals surface area (Å²) < 4.78 is 1.68. The summed E-state index contributed by atoms with van der Waals surface area (Å²) in [5, 5.41) is 9.76. The molecule has 2 N–H and O–H groups in total. The van der Waals surface area contributed by atoms with E-state index < -0.39 is 5.97 Å². The van der Waals surface area contributed by atoms with E-state index in [0.717, 1.165) is 19.3 Å². The van der Waals surface area contributed by atoms with Crippen LogP contribution in [0.3, 0.4) is 0 Å². The molecule has 0 saturated heterocycles. The Bertz CT molecular complexity index is 734. The molecule has 1 heterocycles. The summed E-state index contributed by atoms with van der Waals surface area (Å²) in [6.45, 7) is 0. The van der Waals surface area contributed by atoms with Crippen molar-refractivity contribution in [3.8, 4) is 0 Å². The maximum atomic E-state index is 12.4. The lowest BCUT2D eigenvalue weighted by atomic mass is 9.94. The van der Waals surface area contributed by atoms with Crippen LogP contribution in [0.25, 0.3) is 11.0 Å². The van der Waals surface area contributed by atoms with Crippen molar-refractivity contribution in [2.45, 2.75) is 37.0 Å². The Hall–Kier alpha value is -1.69. The normalized spacial score (nSPS) is 22.5. The zero-order valence-corrected chi connectivity index (χ0v) is 12.7. The van der Waals surface area contributed by atoms with Crippen LogP contribution >= 0.6 is 11.8 Å². The lowest BCUT2D eigenvalue weighted by molar-refractivity contribution is 0.0698. The predicted molar refractivity (Wildman–Crippen MR) is 84.3 cm³/mol. The lowest BCUT2D eigenvalue weighted by Gasteiger charge is -2.31. The minimum atomic E-state index is -0.995. The number of hydrogen-bond donors (Lipinski definition) is 2. The first-order valence-electron chi connectivity index (χ1n) is 7.13. The number of rotatable bonds is 3. The smallest absolute Gasteiger partial charge is 0.337 e. The molecule has 0 bridgehead atoms. The standard InChI is InChI=1S/C15H18N2O3S/c1-21-12-8-3-2-7-11(12)17-13-9(14(18)19)5-4-6-10(13)16-15(17)20/h4-6,11-12H,2-3,7-8H2,1H3,(H,16,20)(H,18,19). The summed E-state index contributed by atoms with van der Waals surface area (Å²) in [5.74, 6) is -0.995. The van der Waals surface area contributed by atoms with Crippen molar-refractivity contribution in [3.63, 3.8) is 0 Å². The van der Waals surface area contributed by atoms with Gasteiger partial charge in [0.2, 0.25) is 0 Å². The molecule has 1 aliphatic rings. The van der Waals surface area contributed by atoms with E-state index in [4.69, 9.17) is 0 Å². The number of hydrogen-bond acceptors (Lipinski definition) is 3. The number of carbonyl (C=O) groups is 1. The highest BCUT2D eigenvalue weighted by molar-refractivity contribution is 7.99. The van der Waals surface area contributed by atoms with Gasteiger partial charge >= 0.3 is 11.7 Å². The van der Waals surface area contributed by atoms with Crippen LogP contribution in [0.15, 0.2) is 23.0 Å². The fourth-order valence-corrected chi connectivity index (χ4v) is 4.29. The largest absolute Gasteiger partial charge is 0.478 e. The summed E-state index contributed by atoms with van der Waals surface area (Å²) in [4.78, 5) is 26.7. The van der Waals surface area contributed by atoms with Crippen LogP contribution in [-0.2, 0) is 0 Å². The molecule has 112 valence electrons. The maximum Gasteiger partial charge on any atom is 0.337 e. The Balaban J connectivity index is 2.24. The summed E-state index contributed by atoms with van der Waals surface area (Å²) in [7, 11) is 0. The number of thioether (sulfide) groups is 1. The average molecular weight is 306 g/mol. The SMILES string of the molecule is CSC1CCCCC1n1c(=O)[nH]c2cccc(C(=O)O)c21. The van der Waals surface area contributed by atoms with Gasteiger partial charge in [-0.05, 0) is 31.2 Å². The molecule has 2 aromatic rings. The molecule has 21 heavy (non-hydrogen) atoms. The van der Waals surface area contributed by atoms with Crippen molar-refractivity contribution in [2.24, 2.45) is 0 Å². The van der Waals surface area contributed by atoms with Gasteiger partial charge in [0.25, 0.3) is 0 Å². The Morgan fingerprint density at radius 3 is 2.86 bits per heavy atom. The molecular weight excluding hydrogens is 288 g/mol. The van der Waals surface area contributed by atoms with Gasteiger partial charge in [-0.1, -0.05) is 18.9 Å². The van der Waals surface area contributed by atoms with Crippen LogP contribution in [0, 0.1) is 0 Å². The number of carboxylic acids is 1. The molecule has 5 nitrogen and oxygen atoms in total. The number of H-pyrrole nitrogens is 1. The Morgan fingerprint density at radius 1 is 1.38 bits per heavy atom. The first-order chi connectivity index (χ1) is 10.1. The third-order valence-corrected chi connectivity index (χ3v) is 5.43. The van der Waals surface area contributed by atoms with Gasteiger partial charge in [-0.3, -0.25) is 4.57 Å². The van der Waals surface area contributed by atoms with Gasteiger partial charge < -0.3 is 10.1 Å². The van der Waals surface area contributed by atoms with Crippen molar-refractivity contribution >= 4 is 28.8 Å². The Kier molecular flexibility index (Phi) is 3.80. The van der Waals surface area contributed by atoms with Crippen LogP contribution < -0.4 is 5.69 Å². The van der Waals surface area contributed by atoms with E-state index in [1.165, 1.54) is 6.42 Å². The monoisotopic (exact) mass is 306 g/mol. The highest BCUT2D eigenvalue weighted by Gasteiger charge is 2.29. The van der Waals surface area contributed by atoms with Crippen molar-refractivity contribution in [1.29, 1.82) is 0 Å². The summed E-state index contributed by atoms with van der Waals surface area (Å²) in [6.07, 6.45) is 6.30. The molecule has 1 fully saturated rings. The maximum absolute atomic E-state index is 12.4. The van der Waals surface area contributed by atoms with Crippen LogP contribution in [0.2, 0.25) is 0 Å². The van der Waals surface area contributed by atoms with E-state index in [2.05, 4.69) is 11.2 Å². The van der Waals surface area contributed by atoms with E-state index in [1.54, 1.807) is 34.5 Å². The topological polar surface area (TPSA) is 75.1 Å². The van der Waals surface area contributed by atoms with Crippen molar-refractivity contribution < 1.29 is 9.90 Å². The van der Waals surface area contributed by atoms with Gasteiger partial charge in [0, 0.05) is 5.25 Å². The molecule has 0 radical (unpaired) electrons. The molecule has 1 saturated carbocycles. The number of fused-ring (bicyclic) bond motifs is 1. The second-order valence-electron chi connectivity index (χ2n) is 5.43. The van der Waals surface area contributed by atoms with Gasteiger partial charge in [0.05, 0.1) is 22.6 Å². The Labute approximate surface area is 126 Å². The molecule has 1 aromatic heterocycles. The molecule has 6 heteroatoms. The van der Waals surface area contributed by atoms with Gasteiger partial charge in [0.1, 0.15) is 0 Å². The lowest BCUT2D eigenvalue weighted by Crippen LogP contribution is -2.32. The second-order valence-corrected chi connectivity index (χ2v) is 6.51. The molecule has 0 spiro atoms. The molecule has 1 aliphatic carbocycles. The van der Waals surface area contributed by atoms with E-state index in [0.29, 0.717) is 16.3 Å². The van der Waals surface area contributed by atoms with E-state index in [9.17, 15) is 14.7 Å². The van der Waals surface area contributed by atoms with Crippen molar-refractivity contribution in [2.75, 3.05) is 6.26 Å². The first kappa shape index (κ1) is 14.3. The van der Waals surface area contributed by atoms with Gasteiger partial charge in [-0.2, -0.15) is 11.8 Å². The van der Waals surface area contributed by atoms with Crippen molar-refractivity contribution in [1.82, 2.24) is 9.55 Å². The molecule has 3 rings (SSSR count). The third-order valence-electron chi connectivity index (χ3n) is 4.27. The van der Waals surface area contributed by atoms with E-state index >= 15 is 0 Å². The van der Waals surface area contributed by atoms with Crippen LogP contribution in [-0.4, -0.2) is 32.1 Å². The molecule has 2 unspecified atom stereocenters. The van der Waals surface area contributed by atoms with Crippen molar-refractivity contribution in [3.05, 3.63) is 34.2 Å². The number of carboxylic acid groups (broad SMARTS) is 1. The number of aromatic amines is 1. The molecule has 0 amide bonds. The van der Waals surface area contributed by atoms with Gasteiger partial charge in [-0.25, -0.2) is 9.59 Å². The number of nitrogens with one attached hydrogen (secondary N) is 1. The zero-order chi connectivity index (χ0) is 15.0. The second kappa shape index (κ2) is 5.60. The molecule has 0 aliphatic heterocycles. The minimum absolute atomic E-state index is 0.0653. The average Bonchev–Trinajstić information content (AvgIpc) is 2.82. The summed E-state index contributed by atoms with van der Waals surface area (Å²) in [6, 6.07) is 5.05. The van der Waals surface area contributed by atoms with Gasteiger partial charge in [0.15, 0.2) is 0 Å². The number of para-hydroxylation sites is 1. The van der Waals surface area contributed by atoms with Crippen LogP contribution in [0.5, 0.6) is 0 Å². The number of benzene rings is 1. The zero-order valence-electron chi connectivity index (χ0n) is 11.8. The van der Waals surface area contributed by atoms with Gasteiger partial charge in [-0.15, -0.1) is 0 Å². The van der Waals surface area contributed by atoms with Crippen LogP contribution in [0.4, 0.5) is 0 Å². The number of nitrogens with zero attached hydrogens (tertiary/aromatic N) is 1. The number of aromatic carboxylic acids is 1. The highest BCUT2D eigenvalue weighted by Crippen LogP contribution is 2.36. The number of imidazole rings is 1. The molecular formula is C15H18N2O3S. The number of aromatic nitrogens is 2. The first-order valence-corrected chi connectivity index (χ1v) is 8.41. The quantitative estimate of drug-likeness (QED) is 0.914. The van der Waals surface area contributed by atoms with E-state index in [-0.39, 0.29) is 17.3 Å². The minimum Gasteiger partial charge on any atom is -0.478 e. The fourth-order valence-electron chi connectivity index (χ4n) is 3.32. The molecule has 1 aromatic carbocycles. The van der Waals surface area contributed by atoms with Crippen LogP contribution in [0.1, 0.15) is 42.1 Å². The highest BCUT2D eigenvalue weighted by atomic mass is 32.2. The van der Waals surface area contributed by atoms with E-state index in [1.807, 2.05) is 0 Å². The molecule has 2 atom stereocenters. The Morgan fingerprint density at radius 2 is 2.14 bits per heavy atom. The summed E-state index contributed by atoms with van der Waals surface area (Å²) >= 11 is 1.76. The summed E-state index contributed by atoms with van der Waals surface area (Å²) in [5.41, 5.74) is 1.12. The third kappa shape index (κ3) is 2.37. The fraction of sp³-hybridized carbons (Fsp3) is 0.467. The predicted octanol–water partition coefficient (Wildman–Crippen LogP) is 2.87.